The van der Waals surface area contributed by atoms with E-state index in [2.05, 4.69) is 9.97 Å². The Labute approximate surface area is 121 Å². The van der Waals surface area contributed by atoms with Crippen LogP contribution in [0.5, 0.6) is 5.88 Å². The van der Waals surface area contributed by atoms with Crippen molar-refractivity contribution in [2.45, 2.75) is 23.3 Å². The highest BCUT2D eigenvalue weighted by atomic mass is 35.5. The van der Waals surface area contributed by atoms with Crippen molar-refractivity contribution in [1.82, 2.24) is 9.97 Å². The molecule has 0 atom stereocenters. The minimum Gasteiger partial charge on any atom is -0.476 e. The summed E-state index contributed by atoms with van der Waals surface area (Å²) < 4.78 is 5.47. The van der Waals surface area contributed by atoms with Crippen molar-refractivity contribution < 1.29 is 4.74 Å². The van der Waals surface area contributed by atoms with Crippen LogP contribution in [-0.2, 0) is 0 Å². The lowest BCUT2D eigenvalue weighted by Crippen LogP contribution is -2.03. The Hall–Kier alpha value is -1.46. The zero-order chi connectivity index (χ0) is 13.7. The fourth-order valence-electron chi connectivity index (χ4n) is 1.39. The Morgan fingerprint density at radius 1 is 1.32 bits per heavy atom. The number of nitrogen functional groups attached to an aromatic ring is 1. The maximum Gasteiger partial charge on any atom is 0.241 e. The smallest absolute Gasteiger partial charge is 0.241 e. The quantitative estimate of drug-likeness (QED) is 0.853. The predicted molar refractivity (Wildman–Crippen MR) is 77.8 cm³/mol. The predicted octanol–water partition coefficient (Wildman–Crippen LogP) is 3.65. The molecule has 0 unspecified atom stereocenters. The monoisotopic (exact) mass is 295 g/mol. The van der Waals surface area contributed by atoms with Gasteiger partial charge in [0.2, 0.25) is 5.88 Å². The van der Waals surface area contributed by atoms with Gasteiger partial charge < -0.3 is 10.5 Å². The zero-order valence-corrected chi connectivity index (χ0v) is 12.0. The number of anilines is 1. The molecule has 4 nitrogen and oxygen atoms in total. The zero-order valence-electron chi connectivity index (χ0n) is 10.5. The van der Waals surface area contributed by atoms with Gasteiger partial charge in [0, 0.05) is 4.90 Å². The van der Waals surface area contributed by atoms with Crippen LogP contribution in [0.3, 0.4) is 0 Å². The third-order valence-corrected chi connectivity index (χ3v) is 3.83. The molecule has 2 aromatic rings. The third kappa shape index (κ3) is 3.52. The van der Waals surface area contributed by atoms with Gasteiger partial charge in [-0.05, 0) is 18.6 Å². The summed E-state index contributed by atoms with van der Waals surface area (Å²) in [6.45, 7) is 2.61. The van der Waals surface area contributed by atoms with Crippen molar-refractivity contribution in [3.05, 3.63) is 35.6 Å². The van der Waals surface area contributed by atoms with Crippen LogP contribution in [0.25, 0.3) is 0 Å². The average Bonchev–Trinajstić information content (AvgIpc) is 2.42. The molecule has 1 heterocycles. The van der Waals surface area contributed by atoms with Crippen LogP contribution in [0, 0.1) is 0 Å². The van der Waals surface area contributed by atoms with E-state index in [1.165, 1.54) is 18.1 Å². The van der Waals surface area contributed by atoms with Crippen LogP contribution < -0.4 is 10.5 Å². The van der Waals surface area contributed by atoms with Gasteiger partial charge in [-0.3, -0.25) is 0 Å². The number of hydrogen-bond acceptors (Lipinski definition) is 5. The first-order chi connectivity index (χ1) is 9.22. The van der Waals surface area contributed by atoms with E-state index in [0.29, 0.717) is 28.2 Å². The SMILES string of the molecule is CCCOc1ncnc(Sc2ccccc2Cl)c1N. The molecule has 0 aliphatic rings. The van der Waals surface area contributed by atoms with E-state index in [0.717, 1.165) is 11.3 Å². The van der Waals surface area contributed by atoms with Gasteiger partial charge in [-0.25, -0.2) is 4.98 Å². The first kappa shape index (κ1) is 14.0. The number of halogens is 1. The maximum absolute atomic E-state index is 6.11. The number of nitrogens with zero attached hydrogens (tertiary/aromatic N) is 2. The lowest BCUT2D eigenvalue weighted by atomic mass is 10.4. The minimum absolute atomic E-state index is 0.423. The molecule has 0 spiro atoms. The summed E-state index contributed by atoms with van der Waals surface area (Å²) >= 11 is 7.51. The molecule has 2 rings (SSSR count). The minimum atomic E-state index is 0.423. The summed E-state index contributed by atoms with van der Waals surface area (Å²) in [7, 11) is 0. The average molecular weight is 296 g/mol. The van der Waals surface area contributed by atoms with Gasteiger partial charge in [-0.15, -0.1) is 0 Å². The molecule has 1 aromatic carbocycles. The summed E-state index contributed by atoms with van der Waals surface area (Å²) in [6, 6.07) is 7.54. The Balaban J connectivity index is 2.23. The van der Waals surface area contributed by atoms with E-state index >= 15 is 0 Å². The van der Waals surface area contributed by atoms with Crippen molar-refractivity contribution >= 4 is 29.1 Å². The van der Waals surface area contributed by atoms with Crippen molar-refractivity contribution in [2.75, 3.05) is 12.3 Å². The molecule has 0 aliphatic carbocycles. The van der Waals surface area contributed by atoms with Crippen molar-refractivity contribution in [1.29, 1.82) is 0 Å². The van der Waals surface area contributed by atoms with Crippen LogP contribution in [0.4, 0.5) is 5.69 Å². The molecule has 100 valence electrons. The fourth-order valence-corrected chi connectivity index (χ4v) is 2.46. The highest BCUT2D eigenvalue weighted by Gasteiger charge is 2.11. The van der Waals surface area contributed by atoms with E-state index in [4.69, 9.17) is 22.1 Å². The summed E-state index contributed by atoms with van der Waals surface area (Å²) in [5.41, 5.74) is 6.45. The van der Waals surface area contributed by atoms with Crippen LogP contribution in [-0.4, -0.2) is 16.6 Å². The van der Waals surface area contributed by atoms with Gasteiger partial charge in [0.15, 0.2) is 0 Å². The highest BCUT2D eigenvalue weighted by Crippen LogP contribution is 2.37. The third-order valence-electron chi connectivity index (χ3n) is 2.30. The van der Waals surface area contributed by atoms with Crippen LogP contribution in [0.1, 0.15) is 13.3 Å². The first-order valence-corrected chi connectivity index (χ1v) is 7.07. The number of rotatable bonds is 5. The largest absolute Gasteiger partial charge is 0.476 e. The van der Waals surface area contributed by atoms with Crippen LogP contribution in [0.2, 0.25) is 5.02 Å². The second kappa shape index (κ2) is 6.63. The molecule has 1 aromatic heterocycles. The van der Waals surface area contributed by atoms with E-state index in [9.17, 15) is 0 Å². The summed E-state index contributed by atoms with van der Waals surface area (Å²) in [5, 5.41) is 1.32. The fraction of sp³-hybridized carbons (Fsp3) is 0.231. The standard InChI is InChI=1S/C13H14ClN3OS/c1-2-7-18-12-11(15)13(17-8-16-12)19-10-6-4-3-5-9(10)14/h3-6,8H,2,7,15H2,1H3. The molecule has 0 saturated heterocycles. The second-order valence-electron chi connectivity index (χ2n) is 3.78. The Kier molecular flexibility index (Phi) is 4.87. The summed E-state index contributed by atoms with van der Waals surface area (Å²) in [4.78, 5) is 9.11. The number of hydrogen-bond donors (Lipinski definition) is 1. The Morgan fingerprint density at radius 2 is 2.11 bits per heavy atom. The Morgan fingerprint density at radius 3 is 2.84 bits per heavy atom. The molecule has 2 N–H and O–H groups in total. The lowest BCUT2D eigenvalue weighted by Gasteiger charge is -2.09. The lowest BCUT2D eigenvalue weighted by molar-refractivity contribution is 0.305. The number of benzene rings is 1. The van der Waals surface area contributed by atoms with Gasteiger partial charge in [0.1, 0.15) is 17.0 Å². The first-order valence-electron chi connectivity index (χ1n) is 5.88. The van der Waals surface area contributed by atoms with Gasteiger partial charge in [-0.1, -0.05) is 42.4 Å². The van der Waals surface area contributed by atoms with Gasteiger partial charge in [0.05, 0.1) is 11.6 Å². The van der Waals surface area contributed by atoms with Gasteiger partial charge in [-0.2, -0.15) is 4.98 Å². The van der Waals surface area contributed by atoms with E-state index in [-0.39, 0.29) is 0 Å². The molecule has 0 radical (unpaired) electrons. The Bertz CT molecular complexity index is 565. The summed E-state index contributed by atoms with van der Waals surface area (Å²) in [5.74, 6) is 0.423. The molecule has 19 heavy (non-hydrogen) atoms. The second-order valence-corrected chi connectivity index (χ2v) is 5.22. The van der Waals surface area contributed by atoms with Gasteiger partial charge >= 0.3 is 0 Å². The number of aromatic nitrogens is 2. The van der Waals surface area contributed by atoms with Crippen molar-refractivity contribution in [2.24, 2.45) is 0 Å². The van der Waals surface area contributed by atoms with E-state index < -0.39 is 0 Å². The van der Waals surface area contributed by atoms with Gasteiger partial charge in [0.25, 0.3) is 0 Å². The number of nitrogens with two attached hydrogens (primary N) is 1. The summed E-state index contributed by atoms with van der Waals surface area (Å²) in [6.07, 6.45) is 2.34. The molecule has 0 fully saturated rings. The molecule has 6 heteroatoms. The van der Waals surface area contributed by atoms with Crippen molar-refractivity contribution in [3.63, 3.8) is 0 Å². The van der Waals surface area contributed by atoms with Crippen LogP contribution in [0.15, 0.2) is 40.5 Å². The topological polar surface area (TPSA) is 61.0 Å². The van der Waals surface area contributed by atoms with E-state index in [1.807, 2.05) is 31.2 Å². The maximum atomic E-state index is 6.11. The normalized spacial score (nSPS) is 10.4. The van der Waals surface area contributed by atoms with E-state index in [1.54, 1.807) is 0 Å². The van der Waals surface area contributed by atoms with Crippen LogP contribution >= 0.6 is 23.4 Å². The molecule has 0 bridgehead atoms. The molecule has 0 saturated carbocycles. The molecule has 0 aliphatic heterocycles. The van der Waals surface area contributed by atoms with Crippen molar-refractivity contribution in [3.8, 4) is 5.88 Å². The number of ether oxygens (including phenoxy) is 1. The molecular formula is C13H14ClN3OS. The highest BCUT2D eigenvalue weighted by molar-refractivity contribution is 7.99. The molecular weight excluding hydrogens is 282 g/mol. The molecule has 0 amide bonds.